The highest BCUT2D eigenvalue weighted by molar-refractivity contribution is 7.89. The first-order chi connectivity index (χ1) is 10.8. The zero-order valence-corrected chi connectivity index (χ0v) is 12.4. The van der Waals surface area contributed by atoms with Gasteiger partial charge in [-0.2, -0.15) is 30.8 Å². The number of nitrogens with zero attached hydrogens (tertiary/aromatic N) is 2. The van der Waals surface area contributed by atoms with Crippen molar-refractivity contribution < 1.29 is 26.7 Å². The Morgan fingerprint density at radius 3 is 2.52 bits per heavy atom. The second-order valence-electron chi connectivity index (χ2n) is 4.99. The van der Waals surface area contributed by atoms with Crippen molar-refractivity contribution in [2.24, 2.45) is 0 Å². The Kier molecular flexibility index (Phi) is 3.69. The fourth-order valence-corrected chi connectivity index (χ4v) is 3.92. The van der Waals surface area contributed by atoms with E-state index in [0.29, 0.717) is 4.09 Å². The highest BCUT2D eigenvalue weighted by Crippen LogP contribution is 2.38. The van der Waals surface area contributed by atoms with Gasteiger partial charge in [0.1, 0.15) is 0 Å². The van der Waals surface area contributed by atoms with Gasteiger partial charge in [-0.05, 0) is 12.1 Å². The lowest BCUT2D eigenvalue weighted by Crippen LogP contribution is -2.25. The van der Waals surface area contributed by atoms with Gasteiger partial charge in [-0.3, -0.25) is 0 Å². The number of nitrogens with one attached hydrogen (secondary N) is 1. The number of rotatable bonds is 3. The second kappa shape index (κ2) is 5.32. The van der Waals surface area contributed by atoms with Gasteiger partial charge in [-0.1, -0.05) is 18.2 Å². The molecule has 1 unspecified atom stereocenters. The summed E-state index contributed by atoms with van der Waals surface area (Å²) in [5.41, 5.74) is -1.69. The molecule has 1 aromatic heterocycles. The lowest BCUT2D eigenvalue weighted by Gasteiger charge is -2.12. The quantitative estimate of drug-likeness (QED) is 0.874. The van der Waals surface area contributed by atoms with E-state index in [1.165, 1.54) is 24.3 Å². The minimum Gasteiger partial charge on any atom is -0.394 e. The number of aliphatic hydroxyl groups excluding tert-OH is 1. The van der Waals surface area contributed by atoms with Gasteiger partial charge in [-0.15, -0.1) is 0 Å². The number of hydrogen-bond acceptors (Lipinski definition) is 5. The molecule has 0 fully saturated rings. The second-order valence-corrected chi connectivity index (χ2v) is 6.75. The van der Waals surface area contributed by atoms with E-state index in [0.717, 1.165) is 0 Å². The zero-order chi connectivity index (χ0) is 16.8. The van der Waals surface area contributed by atoms with E-state index < -0.39 is 34.5 Å². The van der Waals surface area contributed by atoms with Gasteiger partial charge in [0.15, 0.2) is 5.69 Å². The molecule has 23 heavy (non-hydrogen) atoms. The van der Waals surface area contributed by atoms with Crippen LogP contribution in [0.4, 0.5) is 13.2 Å². The maximum atomic E-state index is 13.1. The van der Waals surface area contributed by atoms with Crippen molar-refractivity contribution in [1.82, 2.24) is 14.5 Å². The lowest BCUT2D eigenvalue weighted by atomic mass is 10.1. The molecular weight excluding hydrogens is 335 g/mol. The van der Waals surface area contributed by atoms with Gasteiger partial charge < -0.3 is 10.4 Å². The molecule has 1 aliphatic rings. The van der Waals surface area contributed by atoms with E-state index in [4.69, 9.17) is 0 Å². The van der Waals surface area contributed by atoms with Crippen molar-refractivity contribution in [3.63, 3.8) is 0 Å². The van der Waals surface area contributed by atoms with E-state index >= 15 is 0 Å². The molecule has 0 saturated carbocycles. The average Bonchev–Trinajstić information content (AvgIpc) is 3.06. The minimum absolute atomic E-state index is 0.177. The molecule has 2 aromatic rings. The lowest BCUT2D eigenvalue weighted by molar-refractivity contribution is -0.141. The van der Waals surface area contributed by atoms with Crippen molar-refractivity contribution in [2.45, 2.75) is 23.7 Å². The Balaban J connectivity index is 2.25. The summed E-state index contributed by atoms with van der Waals surface area (Å²) in [7, 11) is -4.29. The van der Waals surface area contributed by atoms with Crippen LogP contribution in [0.1, 0.15) is 23.0 Å². The molecule has 10 heteroatoms. The topological polar surface area (TPSA) is 84.2 Å². The van der Waals surface area contributed by atoms with Gasteiger partial charge in [-0.25, -0.2) is 0 Å². The van der Waals surface area contributed by atoms with E-state index in [1.54, 1.807) is 6.07 Å². The maximum absolute atomic E-state index is 13.1. The molecule has 1 aliphatic heterocycles. The smallest absolute Gasteiger partial charge is 0.394 e. The van der Waals surface area contributed by atoms with Gasteiger partial charge >= 0.3 is 6.18 Å². The number of benzene rings is 1. The van der Waals surface area contributed by atoms with Gasteiger partial charge in [0.05, 0.1) is 23.2 Å². The summed E-state index contributed by atoms with van der Waals surface area (Å²) in [4.78, 5) is -0.178. The monoisotopic (exact) mass is 347 g/mol. The molecule has 124 valence electrons. The van der Waals surface area contributed by atoms with Gasteiger partial charge in [0.25, 0.3) is 10.0 Å². The molecular formula is C13H12F3N3O3S. The summed E-state index contributed by atoms with van der Waals surface area (Å²) in [6.07, 6.45) is -4.78. The highest BCUT2D eigenvalue weighted by Gasteiger charge is 2.44. The molecule has 0 radical (unpaired) electrons. The Labute approximate surface area is 129 Å². The molecule has 2 heterocycles. The Morgan fingerprint density at radius 1 is 1.30 bits per heavy atom. The first-order valence-electron chi connectivity index (χ1n) is 6.60. The predicted molar refractivity (Wildman–Crippen MR) is 72.9 cm³/mol. The highest BCUT2D eigenvalue weighted by atomic mass is 32.2. The Bertz CT molecular complexity index is 831. The van der Waals surface area contributed by atoms with E-state index in [9.17, 15) is 26.7 Å². The third kappa shape index (κ3) is 2.52. The standard InChI is InChI=1S/C13H12F3N3O3S/c14-13(15,16)12-9-6-17-10(7-20)11(9)19(18-12)23(21,22)8-4-2-1-3-5-8/h1-5,10,17,20H,6-7H2. The first kappa shape index (κ1) is 16.0. The SMILES string of the molecule is O=S(=O)(c1ccccc1)n1nc(C(F)(F)F)c2c1C(CO)NC2. The van der Waals surface area contributed by atoms with Crippen molar-refractivity contribution in [3.05, 3.63) is 47.3 Å². The molecule has 2 N–H and O–H groups in total. The maximum Gasteiger partial charge on any atom is 0.435 e. The summed E-state index contributed by atoms with van der Waals surface area (Å²) in [5, 5.41) is 15.3. The van der Waals surface area contributed by atoms with Crippen LogP contribution in [0, 0.1) is 0 Å². The molecule has 6 nitrogen and oxygen atoms in total. The molecule has 0 saturated heterocycles. The molecule has 1 aromatic carbocycles. The largest absolute Gasteiger partial charge is 0.435 e. The first-order valence-corrected chi connectivity index (χ1v) is 8.04. The number of halogens is 3. The summed E-state index contributed by atoms with van der Waals surface area (Å²) in [6, 6.07) is 6.13. The van der Waals surface area contributed by atoms with Gasteiger partial charge in [0, 0.05) is 12.1 Å². The summed E-state index contributed by atoms with van der Waals surface area (Å²) < 4.78 is 65.0. The van der Waals surface area contributed by atoms with E-state index in [1.807, 2.05) is 0 Å². The molecule has 3 rings (SSSR count). The molecule has 0 amide bonds. The van der Waals surface area contributed by atoms with Crippen LogP contribution >= 0.6 is 0 Å². The van der Waals surface area contributed by atoms with Crippen LogP contribution in [0.2, 0.25) is 0 Å². The minimum atomic E-state index is -4.78. The van der Waals surface area contributed by atoms with Crippen LogP contribution < -0.4 is 5.32 Å². The van der Waals surface area contributed by atoms with Crippen LogP contribution in [-0.4, -0.2) is 29.3 Å². The van der Waals surface area contributed by atoms with E-state index in [-0.39, 0.29) is 22.7 Å². The van der Waals surface area contributed by atoms with Crippen molar-refractivity contribution in [3.8, 4) is 0 Å². The van der Waals surface area contributed by atoms with Crippen molar-refractivity contribution in [1.29, 1.82) is 0 Å². The molecule has 1 atom stereocenters. The summed E-state index contributed by atoms with van der Waals surface area (Å²) in [5.74, 6) is 0. The van der Waals surface area contributed by atoms with Crippen molar-refractivity contribution >= 4 is 10.0 Å². The average molecular weight is 347 g/mol. The van der Waals surface area contributed by atoms with Crippen LogP contribution in [0.15, 0.2) is 35.2 Å². The van der Waals surface area contributed by atoms with E-state index in [2.05, 4.69) is 10.4 Å². The third-order valence-corrected chi connectivity index (χ3v) is 5.17. The number of fused-ring (bicyclic) bond motifs is 1. The fraction of sp³-hybridized carbons (Fsp3) is 0.308. The normalized spacial score (nSPS) is 18.2. The molecule has 0 aliphatic carbocycles. The Hall–Kier alpha value is -1.91. The third-order valence-electron chi connectivity index (χ3n) is 3.57. The van der Waals surface area contributed by atoms with Crippen LogP contribution in [-0.2, 0) is 22.7 Å². The number of aromatic nitrogens is 2. The fourth-order valence-electron chi connectivity index (χ4n) is 2.54. The van der Waals surface area contributed by atoms with Crippen molar-refractivity contribution in [2.75, 3.05) is 6.61 Å². The summed E-state index contributed by atoms with van der Waals surface area (Å²) >= 11 is 0. The zero-order valence-electron chi connectivity index (χ0n) is 11.6. The van der Waals surface area contributed by atoms with Gasteiger partial charge in [0.2, 0.25) is 0 Å². The van der Waals surface area contributed by atoms with Crippen LogP contribution in [0.25, 0.3) is 0 Å². The van der Waals surface area contributed by atoms with Crippen LogP contribution in [0.5, 0.6) is 0 Å². The number of hydrogen-bond donors (Lipinski definition) is 2. The number of aliphatic hydroxyl groups is 1. The van der Waals surface area contributed by atoms with Crippen LogP contribution in [0.3, 0.4) is 0 Å². The Morgan fingerprint density at radius 2 is 1.96 bits per heavy atom. The molecule has 0 bridgehead atoms. The molecule has 0 spiro atoms. The summed E-state index contributed by atoms with van der Waals surface area (Å²) in [6.45, 7) is -0.750. The predicted octanol–water partition coefficient (Wildman–Crippen LogP) is 1.28. The number of alkyl halides is 3.